The zero-order valence-corrected chi connectivity index (χ0v) is 31.0. The molecule has 0 saturated carbocycles. The van der Waals surface area contributed by atoms with E-state index in [1.54, 1.807) is 0 Å². The third-order valence-corrected chi connectivity index (χ3v) is 11.7. The molecule has 0 N–H and O–H groups in total. The first-order chi connectivity index (χ1) is 28.3. The van der Waals surface area contributed by atoms with Crippen molar-refractivity contribution in [1.82, 2.24) is 23.7 Å². The number of allylic oxidation sites excluding steroid dienone is 1. The van der Waals surface area contributed by atoms with Crippen LogP contribution in [-0.2, 0) is 6.42 Å². The van der Waals surface area contributed by atoms with Crippen LogP contribution in [0.3, 0.4) is 0 Å². The lowest BCUT2D eigenvalue weighted by molar-refractivity contribution is 0.888. The van der Waals surface area contributed by atoms with Gasteiger partial charge in [0.05, 0.1) is 39.0 Å². The highest BCUT2D eigenvalue weighted by Crippen LogP contribution is 2.42. The van der Waals surface area contributed by atoms with Crippen molar-refractivity contribution in [3.63, 3.8) is 0 Å². The first-order valence-corrected chi connectivity index (χ1v) is 19.7. The molecule has 0 aliphatic heterocycles. The number of hydrogen-bond acceptors (Lipinski definition) is 2. The van der Waals surface area contributed by atoms with Crippen molar-refractivity contribution in [2.75, 3.05) is 0 Å². The molecule has 268 valence electrons. The van der Waals surface area contributed by atoms with E-state index in [-0.39, 0.29) is 0 Å². The Morgan fingerprint density at radius 1 is 0.404 bits per heavy atom. The van der Waals surface area contributed by atoms with Crippen LogP contribution in [0.25, 0.3) is 100 Å². The van der Waals surface area contributed by atoms with Gasteiger partial charge in [0.25, 0.3) is 0 Å². The number of pyridine rings is 2. The predicted molar refractivity (Wildman–Crippen MR) is 236 cm³/mol. The molecule has 0 bridgehead atoms. The zero-order valence-electron chi connectivity index (χ0n) is 31.0. The number of aromatic nitrogens is 5. The molecule has 0 unspecified atom stereocenters. The molecule has 5 aromatic heterocycles. The van der Waals surface area contributed by atoms with E-state index in [1.807, 2.05) is 6.07 Å². The Balaban J connectivity index is 1.10. The van der Waals surface area contributed by atoms with Crippen LogP contribution >= 0.6 is 0 Å². The van der Waals surface area contributed by atoms with Crippen LogP contribution in [0, 0.1) is 0 Å². The smallest absolute Gasteiger partial charge is 0.138 e. The monoisotopic (exact) mass is 729 g/mol. The molecule has 0 radical (unpaired) electrons. The molecule has 11 aromatic rings. The Bertz CT molecular complexity index is 3410. The van der Waals surface area contributed by atoms with Gasteiger partial charge < -0.3 is 4.57 Å². The summed E-state index contributed by atoms with van der Waals surface area (Å²) in [6.45, 7) is 0. The molecule has 5 heterocycles. The van der Waals surface area contributed by atoms with Crippen molar-refractivity contribution in [1.29, 1.82) is 0 Å². The van der Waals surface area contributed by atoms with Crippen LogP contribution < -0.4 is 0 Å². The number of rotatable bonds is 5. The molecule has 0 atom stereocenters. The molecular formula is C52H35N5. The fraction of sp³-hybridized carbons (Fsp3) is 0.0385. The second-order valence-corrected chi connectivity index (χ2v) is 14.9. The average molecular weight is 730 g/mol. The van der Waals surface area contributed by atoms with Gasteiger partial charge in [0, 0.05) is 55.0 Å². The third-order valence-electron chi connectivity index (χ3n) is 11.7. The molecule has 0 spiro atoms. The number of para-hydroxylation sites is 3. The summed E-state index contributed by atoms with van der Waals surface area (Å²) in [7, 11) is 0. The first kappa shape index (κ1) is 31.8. The van der Waals surface area contributed by atoms with Crippen LogP contribution in [0.4, 0.5) is 0 Å². The normalized spacial score (nSPS) is 12.7. The summed E-state index contributed by atoms with van der Waals surface area (Å²) in [4.78, 5) is 10.8. The lowest BCUT2D eigenvalue weighted by Crippen LogP contribution is -2.04. The molecule has 0 fully saturated rings. The van der Waals surface area contributed by atoms with Gasteiger partial charge in [0.2, 0.25) is 0 Å². The highest BCUT2D eigenvalue weighted by atomic mass is 15.1. The Morgan fingerprint density at radius 2 is 0.930 bits per heavy atom. The molecule has 5 heteroatoms. The summed E-state index contributed by atoms with van der Waals surface area (Å²) in [5, 5.41) is 6.02. The van der Waals surface area contributed by atoms with Crippen LogP contribution in [0.1, 0.15) is 17.7 Å². The number of fused-ring (bicyclic) bond motifs is 10. The Labute approximate surface area is 329 Å². The van der Waals surface area contributed by atoms with E-state index in [4.69, 9.17) is 9.97 Å². The lowest BCUT2D eigenvalue weighted by atomic mass is 10.0. The van der Waals surface area contributed by atoms with Gasteiger partial charge in [-0.15, -0.1) is 0 Å². The Hall–Kier alpha value is -7.50. The van der Waals surface area contributed by atoms with Gasteiger partial charge >= 0.3 is 0 Å². The van der Waals surface area contributed by atoms with Gasteiger partial charge in [0.1, 0.15) is 11.6 Å². The summed E-state index contributed by atoms with van der Waals surface area (Å²) >= 11 is 0. The lowest BCUT2D eigenvalue weighted by Gasteiger charge is -2.15. The fourth-order valence-electron chi connectivity index (χ4n) is 9.27. The van der Waals surface area contributed by atoms with E-state index in [0.29, 0.717) is 0 Å². The standard InChI is InChI=1S/C52H35N5/c1-2-15-34(16-3-1)43-23-13-29-49(53-43)56-47-27-10-6-21-39(47)41-31-32-42-40-22-7-11-28-48(40)57(52(42)51(41)56)50-30-14-24-44(54-50)35-17-12-18-36(33-35)55-45-25-8-4-19-37(45)38-20-5-9-26-46(38)55/h1-8,10-25,27-33H,9,26H2. The summed E-state index contributed by atoms with van der Waals surface area (Å²) < 4.78 is 7.16. The molecule has 57 heavy (non-hydrogen) atoms. The van der Waals surface area contributed by atoms with E-state index in [9.17, 15) is 0 Å². The molecule has 5 nitrogen and oxygen atoms in total. The summed E-state index contributed by atoms with van der Waals surface area (Å²) in [6.07, 6.45) is 6.66. The highest BCUT2D eigenvalue weighted by Gasteiger charge is 2.23. The van der Waals surface area contributed by atoms with Crippen LogP contribution in [-0.4, -0.2) is 23.7 Å². The van der Waals surface area contributed by atoms with E-state index < -0.39 is 0 Å². The fourth-order valence-corrected chi connectivity index (χ4v) is 9.27. The molecular weight excluding hydrogens is 695 g/mol. The van der Waals surface area contributed by atoms with Crippen LogP contribution in [0.2, 0.25) is 0 Å². The number of nitrogens with zero attached hydrogens (tertiary/aromatic N) is 5. The average Bonchev–Trinajstić information content (AvgIpc) is 3.93. The third kappa shape index (κ3) is 4.82. The highest BCUT2D eigenvalue weighted by molar-refractivity contribution is 6.23. The van der Waals surface area contributed by atoms with Gasteiger partial charge in [-0.2, -0.15) is 0 Å². The maximum atomic E-state index is 5.49. The zero-order chi connectivity index (χ0) is 37.5. The van der Waals surface area contributed by atoms with Gasteiger partial charge in [0.15, 0.2) is 0 Å². The van der Waals surface area contributed by atoms with Crippen molar-refractivity contribution >= 4 is 60.6 Å². The van der Waals surface area contributed by atoms with E-state index in [0.717, 1.165) is 74.7 Å². The number of hydrogen-bond donors (Lipinski definition) is 0. The van der Waals surface area contributed by atoms with E-state index in [1.165, 1.54) is 43.7 Å². The van der Waals surface area contributed by atoms with Gasteiger partial charge in [-0.05, 0) is 67.4 Å². The molecule has 1 aliphatic carbocycles. The molecule has 0 amide bonds. The predicted octanol–water partition coefficient (Wildman–Crippen LogP) is 12.9. The van der Waals surface area contributed by atoms with Gasteiger partial charge in [-0.25, -0.2) is 9.97 Å². The first-order valence-electron chi connectivity index (χ1n) is 19.7. The number of benzene rings is 6. The van der Waals surface area contributed by atoms with Gasteiger partial charge in [-0.3, -0.25) is 9.13 Å². The Morgan fingerprint density at radius 3 is 1.58 bits per heavy atom. The SMILES string of the molecule is C1=Cc2c(n(-c3cccc(-c4cccc(-n5c6ccccc6c6ccc7c8ccccc8n(-c8cccc(-c9ccccc9)n8)c7c65)n4)c3)c3ccccc23)CC1. The van der Waals surface area contributed by atoms with Gasteiger partial charge in [-0.1, -0.05) is 133 Å². The van der Waals surface area contributed by atoms with E-state index in [2.05, 4.69) is 196 Å². The molecule has 0 saturated heterocycles. The summed E-state index contributed by atoms with van der Waals surface area (Å²) in [5.41, 5.74) is 13.6. The minimum atomic E-state index is 0.869. The van der Waals surface area contributed by atoms with E-state index >= 15 is 0 Å². The maximum Gasteiger partial charge on any atom is 0.138 e. The van der Waals surface area contributed by atoms with Crippen molar-refractivity contribution in [2.45, 2.75) is 12.8 Å². The largest absolute Gasteiger partial charge is 0.313 e. The van der Waals surface area contributed by atoms with Crippen molar-refractivity contribution in [3.05, 3.63) is 193 Å². The van der Waals surface area contributed by atoms with Crippen molar-refractivity contribution in [3.8, 4) is 39.8 Å². The Kier molecular flexibility index (Phi) is 6.99. The second kappa shape index (κ2) is 12.5. The summed E-state index contributed by atoms with van der Waals surface area (Å²) in [5.74, 6) is 1.74. The van der Waals surface area contributed by atoms with Crippen molar-refractivity contribution in [2.24, 2.45) is 0 Å². The minimum absolute atomic E-state index is 0.869. The summed E-state index contributed by atoms with van der Waals surface area (Å²) in [6, 6.07) is 62.7. The van der Waals surface area contributed by atoms with Crippen molar-refractivity contribution < 1.29 is 0 Å². The second-order valence-electron chi connectivity index (χ2n) is 14.9. The van der Waals surface area contributed by atoms with Crippen LogP contribution in [0.5, 0.6) is 0 Å². The minimum Gasteiger partial charge on any atom is -0.313 e. The molecule has 12 rings (SSSR count). The maximum absolute atomic E-state index is 5.49. The quantitative estimate of drug-likeness (QED) is 0.177. The molecule has 6 aromatic carbocycles. The topological polar surface area (TPSA) is 40.6 Å². The van der Waals surface area contributed by atoms with Crippen LogP contribution in [0.15, 0.2) is 182 Å². The molecule has 1 aliphatic rings.